The van der Waals surface area contributed by atoms with E-state index in [1.807, 2.05) is 0 Å². The summed E-state index contributed by atoms with van der Waals surface area (Å²) in [6.07, 6.45) is 6.49. The second-order valence-electron chi connectivity index (χ2n) is 3.71. The molecule has 0 aromatic heterocycles. The maximum Gasteiger partial charge on any atom is 0.320 e. The van der Waals surface area contributed by atoms with Crippen LogP contribution in [0.3, 0.4) is 0 Å². The van der Waals surface area contributed by atoms with Crippen LogP contribution in [0.2, 0.25) is 0 Å². The zero-order valence-electron chi connectivity index (χ0n) is 8.21. The van der Waals surface area contributed by atoms with Crippen molar-refractivity contribution in [3.8, 4) is 0 Å². The Morgan fingerprint density at radius 3 is 2.40 bits per heavy atom. The summed E-state index contributed by atoms with van der Waals surface area (Å²) in [5.74, 6) is -1.15. The van der Waals surface area contributed by atoms with Gasteiger partial charge in [-0.2, -0.15) is 0 Å². The molecule has 0 bridgehead atoms. The third-order valence-electron chi connectivity index (χ3n) is 2.36. The van der Waals surface area contributed by atoms with E-state index in [0.29, 0.717) is 0 Å². The lowest BCUT2D eigenvalue weighted by Gasteiger charge is -2.23. The Hall–Kier alpha value is -1.17. The topological polar surface area (TPSA) is 104 Å². The van der Waals surface area contributed by atoms with Crippen LogP contribution in [0.5, 0.6) is 0 Å². The Labute approximate surface area is 87.5 Å². The number of hydrogen-bond donors (Lipinski definition) is 4. The van der Waals surface area contributed by atoms with Crippen LogP contribution >= 0.6 is 0 Å². The summed E-state index contributed by atoms with van der Waals surface area (Å²) in [6.45, 7) is -0.391. The molecule has 0 saturated carbocycles. The fourth-order valence-corrected chi connectivity index (χ4v) is 1.36. The molecule has 1 atom stereocenters. The highest BCUT2D eigenvalue weighted by Crippen LogP contribution is 2.21. The summed E-state index contributed by atoms with van der Waals surface area (Å²) in [5, 5.41) is 27.0. The van der Waals surface area contributed by atoms with Gasteiger partial charge in [-0.05, 0) is 12.3 Å². The van der Waals surface area contributed by atoms with E-state index in [-0.39, 0.29) is 12.3 Å². The molecule has 1 rings (SSSR count). The van der Waals surface area contributed by atoms with Gasteiger partial charge in [-0.15, -0.1) is 0 Å². The van der Waals surface area contributed by atoms with Crippen molar-refractivity contribution < 1.29 is 20.1 Å². The maximum absolute atomic E-state index is 10.5. The fraction of sp³-hybridized carbons (Fsp3) is 0.500. The quantitative estimate of drug-likeness (QED) is 0.460. The van der Waals surface area contributed by atoms with Crippen LogP contribution < -0.4 is 5.73 Å². The molecular weight excluding hydrogens is 198 g/mol. The standard InChI is InChI=1S/C10H15NO4/c11-8(9(13)14)5-7-1-3-10(15,6-12)4-2-7/h1-4,7-8,12,15H,5-6,11H2,(H,13,14). The van der Waals surface area contributed by atoms with Gasteiger partial charge in [0.25, 0.3) is 0 Å². The first-order chi connectivity index (χ1) is 6.97. The van der Waals surface area contributed by atoms with Gasteiger partial charge in [-0.1, -0.05) is 24.3 Å². The van der Waals surface area contributed by atoms with Crippen LogP contribution in [-0.4, -0.2) is 39.5 Å². The number of rotatable bonds is 4. The number of carboxylic acid groups (broad SMARTS) is 1. The Kier molecular flexibility index (Phi) is 3.62. The predicted molar refractivity (Wildman–Crippen MR) is 54.0 cm³/mol. The van der Waals surface area contributed by atoms with E-state index in [9.17, 15) is 9.90 Å². The molecule has 84 valence electrons. The van der Waals surface area contributed by atoms with Gasteiger partial charge in [0.2, 0.25) is 0 Å². The molecule has 1 aliphatic carbocycles. The molecule has 0 heterocycles. The van der Waals surface area contributed by atoms with Gasteiger partial charge in [0.1, 0.15) is 11.6 Å². The highest BCUT2D eigenvalue weighted by Gasteiger charge is 2.24. The van der Waals surface area contributed by atoms with Crippen molar-refractivity contribution in [2.75, 3.05) is 6.61 Å². The lowest BCUT2D eigenvalue weighted by Crippen LogP contribution is -2.34. The average molecular weight is 213 g/mol. The molecule has 5 N–H and O–H groups in total. The van der Waals surface area contributed by atoms with Gasteiger partial charge >= 0.3 is 5.97 Å². The predicted octanol–water partition coefficient (Wildman–Crippen LogP) is -0.746. The molecule has 5 heteroatoms. The first kappa shape index (κ1) is 11.9. The summed E-state index contributed by atoms with van der Waals surface area (Å²) in [6, 6.07) is -0.912. The van der Waals surface area contributed by atoms with Crippen molar-refractivity contribution in [1.82, 2.24) is 0 Å². The SMILES string of the molecule is NC(CC1C=CC(O)(CO)C=C1)C(=O)O. The lowest BCUT2D eigenvalue weighted by atomic mass is 9.89. The van der Waals surface area contributed by atoms with Gasteiger partial charge in [0.05, 0.1) is 6.61 Å². The lowest BCUT2D eigenvalue weighted by molar-refractivity contribution is -0.138. The van der Waals surface area contributed by atoms with Gasteiger partial charge in [-0.3, -0.25) is 4.79 Å². The third-order valence-corrected chi connectivity index (χ3v) is 2.36. The molecule has 1 unspecified atom stereocenters. The molecule has 1 aliphatic rings. The average Bonchev–Trinajstić information content (AvgIpc) is 2.21. The largest absolute Gasteiger partial charge is 0.480 e. The Morgan fingerprint density at radius 2 is 2.00 bits per heavy atom. The molecule has 0 fully saturated rings. The molecule has 0 saturated heterocycles. The zero-order chi connectivity index (χ0) is 11.5. The van der Waals surface area contributed by atoms with Crippen LogP contribution in [-0.2, 0) is 4.79 Å². The molecule has 5 nitrogen and oxygen atoms in total. The van der Waals surface area contributed by atoms with Crippen molar-refractivity contribution in [3.63, 3.8) is 0 Å². The van der Waals surface area contributed by atoms with Crippen LogP contribution in [0, 0.1) is 5.92 Å². The smallest absolute Gasteiger partial charge is 0.320 e. The second-order valence-corrected chi connectivity index (χ2v) is 3.71. The number of hydrogen-bond acceptors (Lipinski definition) is 4. The first-order valence-corrected chi connectivity index (χ1v) is 4.67. The van der Waals surface area contributed by atoms with Crippen LogP contribution in [0.25, 0.3) is 0 Å². The number of carbonyl (C=O) groups is 1. The van der Waals surface area contributed by atoms with Gasteiger partial charge < -0.3 is 21.1 Å². The highest BCUT2D eigenvalue weighted by atomic mass is 16.4. The van der Waals surface area contributed by atoms with Gasteiger partial charge in [-0.25, -0.2) is 0 Å². The molecule has 0 aliphatic heterocycles. The van der Waals surface area contributed by atoms with Crippen molar-refractivity contribution in [1.29, 1.82) is 0 Å². The van der Waals surface area contributed by atoms with E-state index in [1.165, 1.54) is 12.2 Å². The van der Waals surface area contributed by atoms with Gasteiger partial charge in [0.15, 0.2) is 0 Å². The summed E-state index contributed by atoms with van der Waals surface area (Å²) in [4.78, 5) is 10.5. The molecule has 0 aromatic carbocycles. The fourth-order valence-electron chi connectivity index (χ4n) is 1.36. The molecule has 0 spiro atoms. The molecular formula is C10H15NO4. The number of carboxylic acids is 1. The molecule has 0 amide bonds. The first-order valence-electron chi connectivity index (χ1n) is 4.67. The van der Waals surface area contributed by atoms with Crippen molar-refractivity contribution in [2.24, 2.45) is 11.7 Å². The maximum atomic E-state index is 10.5. The van der Waals surface area contributed by atoms with E-state index in [4.69, 9.17) is 15.9 Å². The van der Waals surface area contributed by atoms with Crippen molar-refractivity contribution >= 4 is 5.97 Å². The van der Waals surface area contributed by atoms with E-state index in [0.717, 1.165) is 0 Å². The Morgan fingerprint density at radius 1 is 1.47 bits per heavy atom. The molecule has 0 radical (unpaired) electrons. The highest BCUT2D eigenvalue weighted by molar-refractivity contribution is 5.73. The molecule has 0 aromatic rings. The normalized spacial score (nSPS) is 31.5. The van der Waals surface area contributed by atoms with E-state index in [1.54, 1.807) is 12.2 Å². The van der Waals surface area contributed by atoms with E-state index >= 15 is 0 Å². The summed E-state index contributed by atoms with van der Waals surface area (Å²) >= 11 is 0. The van der Waals surface area contributed by atoms with E-state index < -0.39 is 24.2 Å². The number of allylic oxidation sites excluding steroid dienone is 2. The summed E-state index contributed by atoms with van der Waals surface area (Å²) in [5.41, 5.74) is 4.05. The Bertz CT molecular complexity index is 284. The van der Waals surface area contributed by atoms with Crippen molar-refractivity contribution in [3.05, 3.63) is 24.3 Å². The summed E-state index contributed by atoms with van der Waals surface area (Å²) in [7, 11) is 0. The number of aliphatic carboxylic acids is 1. The number of nitrogens with two attached hydrogens (primary N) is 1. The second kappa shape index (κ2) is 4.57. The Balaban J connectivity index is 2.54. The molecule has 15 heavy (non-hydrogen) atoms. The number of aliphatic hydroxyl groups excluding tert-OH is 1. The minimum Gasteiger partial charge on any atom is -0.480 e. The van der Waals surface area contributed by atoms with E-state index in [2.05, 4.69) is 0 Å². The monoisotopic (exact) mass is 213 g/mol. The third kappa shape index (κ3) is 3.16. The minimum atomic E-state index is -1.32. The number of aliphatic hydroxyl groups is 2. The van der Waals surface area contributed by atoms with Crippen molar-refractivity contribution in [2.45, 2.75) is 18.1 Å². The zero-order valence-corrected chi connectivity index (χ0v) is 8.21. The van der Waals surface area contributed by atoms with Crippen LogP contribution in [0.1, 0.15) is 6.42 Å². The minimum absolute atomic E-state index is 0.108. The van der Waals surface area contributed by atoms with Crippen LogP contribution in [0.15, 0.2) is 24.3 Å². The van der Waals surface area contributed by atoms with Crippen LogP contribution in [0.4, 0.5) is 0 Å². The summed E-state index contributed by atoms with van der Waals surface area (Å²) < 4.78 is 0. The van der Waals surface area contributed by atoms with Gasteiger partial charge in [0, 0.05) is 0 Å².